The van der Waals surface area contributed by atoms with Gasteiger partial charge in [0.2, 0.25) is 0 Å². The maximum Gasteiger partial charge on any atom is 0.261 e. The number of benzene rings is 3. The Morgan fingerprint density at radius 1 is 0.885 bits per heavy atom. The summed E-state index contributed by atoms with van der Waals surface area (Å²) in [5, 5.41) is 11.7. The van der Waals surface area contributed by atoms with Gasteiger partial charge in [-0.2, -0.15) is 0 Å². The van der Waals surface area contributed by atoms with E-state index in [9.17, 15) is 14.7 Å². The van der Waals surface area contributed by atoms with Crippen molar-refractivity contribution >= 4 is 17.4 Å². The predicted octanol–water partition coefficient (Wildman–Crippen LogP) is 3.74. The van der Waals surface area contributed by atoms with Crippen LogP contribution in [0.5, 0.6) is 0 Å². The highest BCUT2D eigenvalue weighted by molar-refractivity contribution is 6.12. The van der Waals surface area contributed by atoms with Crippen molar-refractivity contribution in [3.05, 3.63) is 101 Å². The second-order valence-corrected chi connectivity index (χ2v) is 6.33. The molecule has 0 bridgehead atoms. The highest BCUT2D eigenvalue weighted by Crippen LogP contribution is 2.44. The first-order valence-electron chi connectivity index (χ1n) is 8.36. The minimum Gasteiger partial charge on any atom is -0.363 e. The third kappa shape index (κ3) is 2.27. The summed E-state index contributed by atoms with van der Waals surface area (Å²) in [7, 11) is 0. The van der Waals surface area contributed by atoms with E-state index in [2.05, 4.69) is 0 Å². The molecule has 0 saturated carbocycles. The van der Waals surface area contributed by atoms with Gasteiger partial charge < -0.3 is 5.11 Å². The topological polar surface area (TPSA) is 57.6 Å². The number of anilines is 1. The summed E-state index contributed by atoms with van der Waals surface area (Å²) in [5.41, 5.74) is 1.10. The Bertz CT molecular complexity index is 995. The van der Waals surface area contributed by atoms with Gasteiger partial charge in [0, 0.05) is 27.9 Å². The molecule has 0 radical (unpaired) electrons. The third-order valence-electron chi connectivity index (χ3n) is 4.77. The number of carbonyl (C=O) groups is 2. The lowest BCUT2D eigenvalue weighted by Crippen LogP contribution is -2.45. The summed E-state index contributed by atoms with van der Waals surface area (Å²) in [6.07, 6.45) is 0. The van der Waals surface area contributed by atoms with Crippen LogP contribution in [-0.2, 0) is 5.72 Å². The van der Waals surface area contributed by atoms with Crippen LogP contribution < -0.4 is 4.90 Å². The first-order valence-corrected chi connectivity index (χ1v) is 8.36. The molecule has 4 nitrogen and oxygen atoms in total. The molecule has 1 amide bonds. The predicted molar refractivity (Wildman–Crippen MR) is 99.1 cm³/mol. The lowest BCUT2D eigenvalue weighted by atomic mass is 9.93. The van der Waals surface area contributed by atoms with E-state index in [0.29, 0.717) is 27.9 Å². The zero-order chi connectivity index (χ0) is 18.3. The van der Waals surface area contributed by atoms with Gasteiger partial charge in [0.05, 0.1) is 0 Å². The Morgan fingerprint density at radius 2 is 1.50 bits per heavy atom. The normalized spacial score (nSPS) is 18.7. The maximum absolute atomic E-state index is 13.1. The van der Waals surface area contributed by atoms with Crippen LogP contribution in [0.1, 0.15) is 38.8 Å². The Labute approximate surface area is 151 Å². The first-order chi connectivity index (χ1) is 12.5. The highest BCUT2D eigenvalue weighted by Gasteiger charge is 2.50. The lowest BCUT2D eigenvalue weighted by molar-refractivity contribution is 0.0703. The molecule has 1 aliphatic heterocycles. The van der Waals surface area contributed by atoms with Crippen LogP contribution in [0.3, 0.4) is 0 Å². The third-order valence-corrected chi connectivity index (χ3v) is 4.77. The Kier molecular flexibility index (Phi) is 3.71. The van der Waals surface area contributed by atoms with E-state index < -0.39 is 5.72 Å². The van der Waals surface area contributed by atoms with E-state index in [4.69, 9.17) is 0 Å². The van der Waals surface area contributed by atoms with Crippen molar-refractivity contribution in [3.63, 3.8) is 0 Å². The van der Waals surface area contributed by atoms with Gasteiger partial charge in [-0.3, -0.25) is 14.5 Å². The van der Waals surface area contributed by atoms with E-state index in [1.54, 1.807) is 54.6 Å². The zero-order valence-corrected chi connectivity index (χ0v) is 14.2. The van der Waals surface area contributed by atoms with Crippen LogP contribution in [-0.4, -0.2) is 16.8 Å². The summed E-state index contributed by atoms with van der Waals surface area (Å²) in [6, 6.07) is 22.9. The first kappa shape index (κ1) is 16.2. The van der Waals surface area contributed by atoms with Gasteiger partial charge in [0.1, 0.15) is 0 Å². The number of carbonyl (C=O) groups excluding carboxylic acids is 2. The molecule has 4 heteroatoms. The number of hydrogen-bond acceptors (Lipinski definition) is 3. The van der Waals surface area contributed by atoms with Crippen molar-refractivity contribution in [2.45, 2.75) is 12.6 Å². The molecule has 0 aromatic heterocycles. The molecule has 1 N–H and O–H groups in total. The number of hydrogen-bond donors (Lipinski definition) is 1. The summed E-state index contributed by atoms with van der Waals surface area (Å²) in [5.74, 6) is -0.326. The molecule has 0 aliphatic carbocycles. The standard InChI is InChI=1S/C22H17NO3/c1-15(24)16-11-13-18(14-12-16)23-21(25)19-9-5-6-10-20(19)22(23,26)17-7-3-2-4-8-17/h2-14,26H,1H3. The molecule has 1 atom stereocenters. The minimum atomic E-state index is -1.60. The van der Waals surface area contributed by atoms with Crippen molar-refractivity contribution in [3.8, 4) is 0 Å². The van der Waals surface area contributed by atoms with E-state index in [-0.39, 0.29) is 11.7 Å². The number of ketones is 1. The van der Waals surface area contributed by atoms with Gasteiger partial charge in [0.15, 0.2) is 11.5 Å². The van der Waals surface area contributed by atoms with Gasteiger partial charge in [-0.15, -0.1) is 0 Å². The van der Waals surface area contributed by atoms with Crippen LogP contribution in [0, 0.1) is 0 Å². The molecule has 4 rings (SSSR count). The fourth-order valence-electron chi connectivity index (χ4n) is 3.47. The lowest BCUT2D eigenvalue weighted by Gasteiger charge is -2.35. The van der Waals surface area contributed by atoms with E-state index >= 15 is 0 Å². The van der Waals surface area contributed by atoms with Gasteiger partial charge in [0.25, 0.3) is 5.91 Å². The number of Topliss-reactive ketones (excluding diaryl/α,β-unsaturated/α-hetero) is 1. The molecular formula is C22H17NO3. The SMILES string of the molecule is CC(=O)c1ccc(N2C(=O)c3ccccc3C2(O)c2ccccc2)cc1. The Morgan fingerprint density at radius 3 is 2.15 bits per heavy atom. The van der Waals surface area contributed by atoms with Crippen molar-refractivity contribution in [2.24, 2.45) is 0 Å². The molecule has 1 heterocycles. The molecule has 0 spiro atoms. The minimum absolute atomic E-state index is 0.0501. The molecule has 0 saturated heterocycles. The monoisotopic (exact) mass is 343 g/mol. The number of amides is 1. The summed E-state index contributed by atoms with van der Waals surface area (Å²) >= 11 is 0. The van der Waals surface area contributed by atoms with Crippen LogP contribution in [0.15, 0.2) is 78.9 Å². The Hall–Kier alpha value is -3.24. The van der Waals surface area contributed by atoms with Gasteiger partial charge in [-0.1, -0.05) is 48.5 Å². The fraction of sp³-hybridized carbons (Fsp3) is 0.0909. The average molecular weight is 343 g/mol. The molecule has 26 heavy (non-hydrogen) atoms. The number of nitrogens with zero attached hydrogens (tertiary/aromatic N) is 1. The number of rotatable bonds is 3. The average Bonchev–Trinajstić information content (AvgIpc) is 2.91. The Balaban J connectivity index is 1.93. The van der Waals surface area contributed by atoms with Gasteiger partial charge in [-0.25, -0.2) is 0 Å². The van der Waals surface area contributed by atoms with Gasteiger partial charge in [-0.05, 0) is 37.3 Å². The van der Waals surface area contributed by atoms with Crippen molar-refractivity contribution < 1.29 is 14.7 Å². The molecule has 3 aromatic carbocycles. The van der Waals surface area contributed by atoms with Crippen LogP contribution in [0.25, 0.3) is 0 Å². The largest absolute Gasteiger partial charge is 0.363 e. The smallest absolute Gasteiger partial charge is 0.261 e. The van der Waals surface area contributed by atoms with E-state index in [0.717, 1.165) is 0 Å². The second kappa shape index (κ2) is 5.93. The highest BCUT2D eigenvalue weighted by atomic mass is 16.3. The van der Waals surface area contributed by atoms with Crippen molar-refractivity contribution in [1.82, 2.24) is 0 Å². The van der Waals surface area contributed by atoms with Crippen molar-refractivity contribution in [1.29, 1.82) is 0 Å². The second-order valence-electron chi connectivity index (χ2n) is 6.33. The van der Waals surface area contributed by atoms with E-state index in [1.807, 2.05) is 24.3 Å². The summed E-state index contributed by atoms with van der Waals surface area (Å²) in [6.45, 7) is 1.49. The molecule has 1 unspecified atom stereocenters. The number of fused-ring (bicyclic) bond motifs is 1. The van der Waals surface area contributed by atoms with E-state index in [1.165, 1.54) is 11.8 Å². The van der Waals surface area contributed by atoms with Crippen molar-refractivity contribution in [2.75, 3.05) is 4.90 Å². The molecule has 1 aliphatic rings. The molecule has 3 aromatic rings. The molecular weight excluding hydrogens is 326 g/mol. The van der Waals surface area contributed by atoms with Crippen LogP contribution >= 0.6 is 0 Å². The molecule has 128 valence electrons. The van der Waals surface area contributed by atoms with Crippen LogP contribution in [0.2, 0.25) is 0 Å². The zero-order valence-electron chi connectivity index (χ0n) is 14.2. The van der Waals surface area contributed by atoms with Gasteiger partial charge >= 0.3 is 0 Å². The summed E-state index contributed by atoms with van der Waals surface area (Å²) in [4.78, 5) is 26.0. The number of aliphatic hydroxyl groups is 1. The van der Waals surface area contributed by atoms with Crippen LogP contribution in [0.4, 0.5) is 5.69 Å². The summed E-state index contributed by atoms with van der Waals surface area (Å²) < 4.78 is 0. The quantitative estimate of drug-likeness (QED) is 0.737. The maximum atomic E-state index is 13.1. The fourth-order valence-corrected chi connectivity index (χ4v) is 3.47. The molecule has 0 fully saturated rings.